The van der Waals surface area contributed by atoms with E-state index < -0.39 is 17.5 Å². The smallest absolute Gasteiger partial charge is 0.243 e. The van der Waals surface area contributed by atoms with Crippen LogP contribution in [0.15, 0.2) is 47.4 Å². The summed E-state index contributed by atoms with van der Waals surface area (Å²) in [5, 5.41) is 7.44. The van der Waals surface area contributed by atoms with Crippen LogP contribution in [-0.4, -0.2) is 30.0 Å². The number of carbonyl (C=O) groups is 3. The average Bonchev–Trinajstić information content (AvgIpc) is 2.62. The van der Waals surface area contributed by atoms with Crippen LogP contribution >= 0.6 is 11.8 Å². The first-order chi connectivity index (χ1) is 12.8. The van der Waals surface area contributed by atoms with Gasteiger partial charge in [-0.1, -0.05) is 0 Å². The number of benzene rings is 2. The molecule has 0 saturated heterocycles. The lowest BCUT2D eigenvalue weighted by Crippen LogP contribution is -2.33. The molecule has 0 unspecified atom stereocenters. The molecule has 2 rings (SSSR count). The highest BCUT2D eigenvalue weighted by Crippen LogP contribution is 2.20. The third kappa shape index (κ3) is 7.06. The first kappa shape index (κ1) is 20.4. The van der Waals surface area contributed by atoms with Crippen LogP contribution in [0.2, 0.25) is 0 Å². The molecule has 0 heterocycles. The summed E-state index contributed by atoms with van der Waals surface area (Å²) in [4.78, 5) is 35.3. The first-order valence-electron chi connectivity index (χ1n) is 7.85. The first-order valence-corrected chi connectivity index (χ1v) is 8.84. The summed E-state index contributed by atoms with van der Waals surface area (Å²) < 4.78 is 25.9. The quantitative estimate of drug-likeness (QED) is 0.632. The summed E-state index contributed by atoms with van der Waals surface area (Å²) in [6, 6.07) is 9.94. The molecular formula is C18H17F2N3O3S. The predicted molar refractivity (Wildman–Crippen MR) is 99.5 cm³/mol. The number of carbonyl (C=O) groups excluding carboxylic acids is 3. The van der Waals surface area contributed by atoms with E-state index in [1.165, 1.54) is 24.8 Å². The van der Waals surface area contributed by atoms with Crippen molar-refractivity contribution in [2.75, 3.05) is 22.9 Å². The van der Waals surface area contributed by atoms with Crippen molar-refractivity contribution in [3.63, 3.8) is 0 Å². The van der Waals surface area contributed by atoms with Crippen LogP contribution in [0.5, 0.6) is 0 Å². The molecule has 3 N–H and O–H groups in total. The Morgan fingerprint density at radius 1 is 0.889 bits per heavy atom. The normalized spacial score (nSPS) is 10.2. The lowest BCUT2D eigenvalue weighted by Gasteiger charge is -2.08. The van der Waals surface area contributed by atoms with E-state index in [1.807, 2.05) is 0 Å². The Bertz CT molecular complexity index is 844. The van der Waals surface area contributed by atoms with Crippen LogP contribution in [0.3, 0.4) is 0 Å². The van der Waals surface area contributed by atoms with Gasteiger partial charge in [0.2, 0.25) is 17.7 Å². The fraction of sp³-hybridized carbons (Fsp3) is 0.167. The van der Waals surface area contributed by atoms with Crippen molar-refractivity contribution >= 4 is 40.9 Å². The molecule has 2 aromatic carbocycles. The van der Waals surface area contributed by atoms with Crippen LogP contribution in [0.1, 0.15) is 6.92 Å². The summed E-state index contributed by atoms with van der Waals surface area (Å²) in [5.74, 6) is -3.07. The number of thioether (sulfide) groups is 1. The van der Waals surface area contributed by atoms with E-state index in [1.54, 1.807) is 24.3 Å². The van der Waals surface area contributed by atoms with Crippen molar-refractivity contribution in [2.24, 2.45) is 0 Å². The van der Waals surface area contributed by atoms with Gasteiger partial charge >= 0.3 is 0 Å². The van der Waals surface area contributed by atoms with Gasteiger partial charge in [0.1, 0.15) is 0 Å². The van der Waals surface area contributed by atoms with Crippen molar-refractivity contribution in [2.45, 2.75) is 11.8 Å². The molecule has 27 heavy (non-hydrogen) atoms. The number of rotatable bonds is 7. The third-order valence-electron chi connectivity index (χ3n) is 3.19. The Morgan fingerprint density at radius 3 is 2.19 bits per heavy atom. The number of halogens is 2. The van der Waals surface area contributed by atoms with Crippen molar-refractivity contribution in [1.29, 1.82) is 0 Å². The highest BCUT2D eigenvalue weighted by Gasteiger charge is 2.09. The largest absolute Gasteiger partial charge is 0.346 e. The van der Waals surface area contributed by atoms with Gasteiger partial charge in [0.25, 0.3) is 0 Å². The molecule has 9 heteroatoms. The van der Waals surface area contributed by atoms with E-state index in [4.69, 9.17) is 0 Å². The van der Waals surface area contributed by atoms with Gasteiger partial charge in [0.15, 0.2) is 11.6 Å². The maximum Gasteiger partial charge on any atom is 0.243 e. The lowest BCUT2D eigenvalue weighted by molar-refractivity contribution is -0.122. The molecular weight excluding hydrogens is 376 g/mol. The highest BCUT2D eigenvalue weighted by molar-refractivity contribution is 8.00. The number of amides is 3. The number of nitrogens with one attached hydrogen (secondary N) is 3. The third-order valence-corrected chi connectivity index (χ3v) is 4.21. The maximum absolute atomic E-state index is 13.1. The molecule has 0 aliphatic heterocycles. The lowest BCUT2D eigenvalue weighted by atomic mass is 10.3. The second-order valence-corrected chi connectivity index (χ2v) is 6.50. The van der Waals surface area contributed by atoms with Gasteiger partial charge in [0, 0.05) is 29.3 Å². The van der Waals surface area contributed by atoms with E-state index in [2.05, 4.69) is 16.0 Å². The topological polar surface area (TPSA) is 87.3 Å². The summed E-state index contributed by atoms with van der Waals surface area (Å²) >= 11 is 1.27. The molecule has 0 fully saturated rings. The molecule has 142 valence electrons. The number of anilines is 2. The Kier molecular flexibility index (Phi) is 7.30. The maximum atomic E-state index is 13.1. The molecule has 6 nitrogen and oxygen atoms in total. The van der Waals surface area contributed by atoms with E-state index in [0.717, 1.165) is 17.0 Å². The van der Waals surface area contributed by atoms with Gasteiger partial charge in [-0.3, -0.25) is 14.4 Å². The summed E-state index contributed by atoms with van der Waals surface area (Å²) in [7, 11) is 0. The van der Waals surface area contributed by atoms with Crippen LogP contribution in [0.25, 0.3) is 0 Å². The van der Waals surface area contributed by atoms with Gasteiger partial charge in [-0.15, -0.1) is 11.8 Å². The monoisotopic (exact) mass is 393 g/mol. The van der Waals surface area contributed by atoms with E-state index in [0.29, 0.717) is 5.69 Å². The second-order valence-electron chi connectivity index (χ2n) is 5.45. The molecule has 3 amide bonds. The number of hydrogen-bond donors (Lipinski definition) is 3. The van der Waals surface area contributed by atoms with E-state index in [-0.39, 0.29) is 29.8 Å². The summed E-state index contributed by atoms with van der Waals surface area (Å²) in [5.41, 5.74) is 0.756. The predicted octanol–water partition coefficient (Wildman–Crippen LogP) is 2.77. The van der Waals surface area contributed by atoms with E-state index >= 15 is 0 Å². The molecule has 2 aromatic rings. The minimum Gasteiger partial charge on any atom is -0.346 e. The Labute approximate surface area is 158 Å². The molecule has 0 radical (unpaired) electrons. The van der Waals surface area contributed by atoms with Gasteiger partial charge in [-0.2, -0.15) is 0 Å². The van der Waals surface area contributed by atoms with Gasteiger partial charge in [-0.25, -0.2) is 8.78 Å². The Balaban J connectivity index is 1.73. The molecule has 0 saturated carbocycles. The van der Waals surface area contributed by atoms with Crippen molar-refractivity contribution in [3.05, 3.63) is 54.1 Å². The van der Waals surface area contributed by atoms with Crippen LogP contribution in [0.4, 0.5) is 20.2 Å². The summed E-state index contributed by atoms with van der Waals surface area (Å²) in [6.45, 7) is 1.12. The average molecular weight is 393 g/mol. The highest BCUT2D eigenvalue weighted by atomic mass is 32.2. The minimum absolute atomic E-state index is 0.0952. The van der Waals surface area contributed by atoms with Gasteiger partial charge < -0.3 is 16.0 Å². The van der Waals surface area contributed by atoms with Gasteiger partial charge in [-0.05, 0) is 36.4 Å². The number of hydrogen-bond acceptors (Lipinski definition) is 4. The molecule has 0 bridgehead atoms. The molecule has 0 aliphatic carbocycles. The Morgan fingerprint density at radius 2 is 1.56 bits per heavy atom. The van der Waals surface area contributed by atoms with Crippen molar-refractivity contribution < 1.29 is 23.2 Å². The standard InChI is InChI=1S/C18H17F2N3O3S/c1-11(24)22-12-2-5-14(6-3-12)27-10-18(26)21-9-17(25)23-13-4-7-15(19)16(20)8-13/h2-8H,9-10H2,1H3,(H,21,26)(H,22,24)(H,23,25). The minimum atomic E-state index is -1.07. The fourth-order valence-corrected chi connectivity index (χ4v) is 2.72. The zero-order valence-electron chi connectivity index (χ0n) is 14.3. The van der Waals surface area contributed by atoms with Crippen LogP contribution in [0, 0.1) is 11.6 Å². The van der Waals surface area contributed by atoms with Gasteiger partial charge in [0.05, 0.1) is 12.3 Å². The fourth-order valence-electron chi connectivity index (χ4n) is 2.00. The molecule has 0 spiro atoms. The Hall–Kier alpha value is -2.94. The summed E-state index contributed by atoms with van der Waals surface area (Å²) in [6.07, 6.45) is 0. The zero-order chi connectivity index (χ0) is 19.8. The van der Waals surface area contributed by atoms with Crippen LogP contribution in [-0.2, 0) is 14.4 Å². The SMILES string of the molecule is CC(=O)Nc1ccc(SCC(=O)NCC(=O)Nc2ccc(F)c(F)c2)cc1. The van der Waals surface area contributed by atoms with Crippen LogP contribution < -0.4 is 16.0 Å². The van der Waals surface area contributed by atoms with E-state index in [9.17, 15) is 23.2 Å². The van der Waals surface area contributed by atoms with Crippen molar-refractivity contribution in [1.82, 2.24) is 5.32 Å². The molecule has 0 atom stereocenters. The van der Waals surface area contributed by atoms with Crippen molar-refractivity contribution in [3.8, 4) is 0 Å². The molecule has 0 aliphatic rings. The molecule has 0 aromatic heterocycles. The second kappa shape index (κ2) is 9.67. The zero-order valence-corrected chi connectivity index (χ0v) is 15.2.